The summed E-state index contributed by atoms with van der Waals surface area (Å²) in [5.74, 6) is 0. The smallest absolute Gasteiger partial charge is 0.238 e. The molecule has 0 amide bonds. The molecule has 0 saturated heterocycles. The van der Waals surface area contributed by atoms with E-state index in [4.69, 9.17) is 0 Å². The Morgan fingerprint density at radius 3 is 2.07 bits per heavy atom. The second kappa shape index (κ2) is 8.47. The Kier molecular flexibility index (Phi) is 6.54. The van der Waals surface area contributed by atoms with Gasteiger partial charge in [-0.1, -0.05) is 36.4 Å². The van der Waals surface area contributed by atoms with E-state index in [1.165, 1.54) is 33.6 Å². The Labute approximate surface area is 160 Å². The third-order valence-electron chi connectivity index (χ3n) is 4.50. The van der Waals surface area contributed by atoms with Crippen LogP contribution >= 0.6 is 0 Å². The predicted octanol–water partition coefficient (Wildman–Crippen LogP) is 2.89. The Hall–Kier alpha value is -2.48. The van der Waals surface area contributed by atoms with E-state index >= 15 is 0 Å². The highest BCUT2D eigenvalue weighted by molar-refractivity contribution is 7.80. The second-order valence-electron chi connectivity index (χ2n) is 6.20. The standard InChI is InChI=1S/C19H21N2.CH4O4S/c1-14-10-11-17(12-15(14)2)19-13-18(20(3)21(19)4)16-8-6-5-7-9-16;1-5-6(2,3)4/h5-13H,1-4H3;1H3,(H,2,3,4)/q+1;/p-1. The van der Waals surface area contributed by atoms with Crippen molar-refractivity contribution in [2.45, 2.75) is 13.8 Å². The quantitative estimate of drug-likeness (QED) is 0.393. The van der Waals surface area contributed by atoms with Crippen LogP contribution < -0.4 is 4.68 Å². The Bertz CT molecular complexity index is 1030. The number of nitrogens with zero attached hydrogens (tertiary/aromatic N) is 2. The average molecular weight is 388 g/mol. The third-order valence-corrected chi connectivity index (χ3v) is 4.91. The minimum atomic E-state index is -4.41. The van der Waals surface area contributed by atoms with Crippen molar-refractivity contribution in [3.05, 3.63) is 65.7 Å². The van der Waals surface area contributed by atoms with Gasteiger partial charge in [-0.3, -0.25) is 4.18 Å². The molecule has 0 atom stereocenters. The molecule has 3 rings (SSSR count). The molecule has 6 nitrogen and oxygen atoms in total. The van der Waals surface area contributed by atoms with Crippen LogP contribution in [-0.2, 0) is 28.7 Å². The molecule has 0 fully saturated rings. The number of hydrogen-bond acceptors (Lipinski definition) is 4. The molecule has 2 aromatic carbocycles. The molecule has 7 heteroatoms. The zero-order valence-corrected chi connectivity index (χ0v) is 16.9. The van der Waals surface area contributed by atoms with Crippen molar-refractivity contribution in [1.82, 2.24) is 4.68 Å². The van der Waals surface area contributed by atoms with E-state index in [0.717, 1.165) is 7.11 Å². The molecule has 0 aliphatic carbocycles. The third kappa shape index (κ3) is 5.26. The van der Waals surface area contributed by atoms with E-state index < -0.39 is 10.4 Å². The van der Waals surface area contributed by atoms with Gasteiger partial charge in [0.05, 0.1) is 14.2 Å². The van der Waals surface area contributed by atoms with Gasteiger partial charge in [-0.15, -0.1) is 4.68 Å². The van der Waals surface area contributed by atoms with E-state index in [9.17, 15) is 13.0 Å². The molecule has 1 aromatic heterocycles. The van der Waals surface area contributed by atoms with Crippen LogP contribution in [0.3, 0.4) is 0 Å². The summed E-state index contributed by atoms with van der Waals surface area (Å²) in [6.45, 7) is 4.32. The van der Waals surface area contributed by atoms with Gasteiger partial charge in [0, 0.05) is 17.2 Å². The Morgan fingerprint density at radius 2 is 1.56 bits per heavy atom. The first-order valence-electron chi connectivity index (χ1n) is 8.34. The summed E-state index contributed by atoms with van der Waals surface area (Å²) in [6.07, 6.45) is 0. The minimum absolute atomic E-state index is 0.808. The zero-order valence-electron chi connectivity index (χ0n) is 16.1. The summed E-state index contributed by atoms with van der Waals surface area (Å²) in [6, 6.07) is 19.4. The van der Waals surface area contributed by atoms with Gasteiger partial charge in [-0.05, 0) is 37.1 Å². The summed E-state index contributed by atoms with van der Waals surface area (Å²) < 4.78 is 35.4. The van der Waals surface area contributed by atoms with Crippen molar-refractivity contribution >= 4 is 10.4 Å². The van der Waals surface area contributed by atoms with Gasteiger partial charge in [0.1, 0.15) is 5.69 Å². The fourth-order valence-electron chi connectivity index (χ4n) is 2.69. The van der Waals surface area contributed by atoms with Crippen molar-refractivity contribution in [3.63, 3.8) is 0 Å². The Morgan fingerprint density at radius 1 is 0.963 bits per heavy atom. The van der Waals surface area contributed by atoms with Crippen molar-refractivity contribution in [1.29, 1.82) is 0 Å². The molecule has 0 N–H and O–H groups in total. The van der Waals surface area contributed by atoms with Crippen LogP contribution in [0.1, 0.15) is 11.1 Å². The summed E-state index contributed by atoms with van der Waals surface area (Å²) in [5, 5.41) is 0. The lowest BCUT2D eigenvalue weighted by atomic mass is 10.0. The van der Waals surface area contributed by atoms with Gasteiger partial charge in [-0.25, -0.2) is 8.42 Å². The number of aromatic nitrogens is 2. The van der Waals surface area contributed by atoms with Crippen LogP contribution in [0.5, 0.6) is 0 Å². The maximum Gasteiger partial charge on any atom is 0.238 e. The van der Waals surface area contributed by atoms with Crippen molar-refractivity contribution in [2.24, 2.45) is 14.1 Å². The fraction of sp³-hybridized carbons (Fsp3) is 0.250. The summed E-state index contributed by atoms with van der Waals surface area (Å²) >= 11 is 0. The van der Waals surface area contributed by atoms with Gasteiger partial charge >= 0.3 is 0 Å². The number of benzene rings is 2. The molecule has 3 aromatic rings. The molecular formula is C20H24N2O4S. The van der Waals surface area contributed by atoms with Crippen LogP contribution in [0, 0.1) is 13.8 Å². The lowest BCUT2D eigenvalue weighted by Crippen LogP contribution is -2.39. The lowest BCUT2D eigenvalue weighted by Gasteiger charge is -2.01. The molecule has 27 heavy (non-hydrogen) atoms. The minimum Gasteiger partial charge on any atom is -0.726 e. The number of aryl methyl sites for hydroxylation is 2. The highest BCUT2D eigenvalue weighted by Crippen LogP contribution is 2.25. The number of hydrogen-bond donors (Lipinski definition) is 0. The highest BCUT2D eigenvalue weighted by atomic mass is 32.3. The predicted molar refractivity (Wildman–Crippen MR) is 104 cm³/mol. The Balaban J connectivity index is 0.000000380. The lowest BCUT2D eigenvalue weighted by molar-refractivity contribution is -0.740. The van der Waals surface area contributed by atoms with Crippen LogP contribution in [-0.4, -0.2) is 24.8 Å². The van der Waals surface area contributed by atoms with Gasteiger partial charge in [0.2, 0.25) is 16.1 Å². The molecule has 0 bridgehead atoms. The average Bonchev–Trinajstić information content (AvgIpc) is 2.93. The molecule has 0 spiro atoms. The van der Waals surface area contributed by atoms with E-state index in [2.05, 4.69) is 96.1 Å². The molecule has 0 aliphatic rings. The van der Waals surface area contributed by atoms with Crippen LogP contribution in [0.25, 0.3) is 22.5 Å². The van der Waals surface area contributed by atoms with Crippen molar-refractivity contribution < 1.29 is 21.8 Å². The normalized spacial score (nSPS) is 11.0. The maximum atomic E-state index is 9.22. The van der Waals surface area contributed by atoms with E-state index in [0.29, 0.717) is 0 Å². The van der Waals surface area contributed by atoms with E-state index in [1.54, 1.807) is 0 Å². The largest absolute Gasteiger partial charge is 0.726 e. The molecule has 1 heterocycles. The SMILES string of the molecule is COS(=O)(=O)[O-].Cc1ccc(-c2cc(-c3ccccc3)n(C)[n+]2C)cc1C. The van der Waals surface area contributed by atoms with Crippen LogP contribution in [0.4, 0.5) is 0 Å². The first-order valence-corrected chi connectivity index (χ1v) is 9.68. The molecule has 144 valence electrons. The molecular weight excluding hydrogens is 364 g/mol. The second-order valence-corrected chi connectivity index (χ2v) is 7.35. The maximum absolute atomic E-state index is 9.22. The van der Waals surface area contributed by atoms with Gasteiger partial charge in [0.15, 0.2) is 7.05 Å². The van der Waals surface area contributed by atoms with E-state index in [-0.39, 0.29) is 0 Å². The zero-order chi connectivity index (χ0) is 20.2. The summed E-state index contributed by atoms with van der Waals surface area (Å²) in [7, 11) is 0.608. The van der Waals surface area contributed by atoms with Crippen molar-refractivity contribution in [2.75, 3.05) is 7.11 Å². The van der Waals surface area contributed by atoms with Crippen LogP contribution in [0.2, 0.25) is 0 Å². The first kappa shape index (κ1) is 20.8. The molecule has 0 unspecified atom stereocenters. The first-order chi connectivity index (χ1) is 12.6. The fourth-order valence-corrected chi connectivity index (χ4v) is 2.69. The summed E-state index contributed by atoms with van der Waals surface area (Å²) in [4.78, 5) is 0. The topological polar surface area (TPSA) is 75.2 Å². The number of rotatable bonds is 3. The monoisotopic (exact) mass is 388 g/mol. The molecule has 0 radical (unpaired) electrons. The van der Waals surface area contributed by atoms with Crippen molar-refractivity contribution in [3.8, 4) is 22.5 Å². The van der Waals surface area contributed by atoms with E-state index in [1.807, 2.05) is 0 Å². The van der Waals surface area contributed by atoms with Gasteiger partial charge in [-0.2, -0.15) is 4.68 Å². The van der Waals surface area contributed by atoms with Crippen LogP contribution in [0.15, 0.2) is 54.6 Å². The highest BCUT2D eigenvalue weighted by Gasteiger charge is 2.19. The molecule has 0 aliphatic heterocycles. The van der Waals surface area contributed by atoms with Gasteiger partial charge in [0.25, 0.3) is 0 Å². The summed E-state index contributed by atoms with van der Waals surface area (Å²) in [5.41, 5.74) is 7.63. The molecule has 0 saturated carbocycles. The van der Waals surface area contributed by atoms with Gasteiger partial charge < -0.3 is 4.55 Å².